The third-order valence-corrected chi connectivity index (χ3v) is 3.75. The van der Waals surface area contributed by atoms with E-state index in [1.807, 2.05) is 12.1 Å². The van der Waals surface area contributed by atoms with E-state index in [0.29, 0.717) is 6.42 Å². The van der Waals surface area contributed by atoms with Crippen molar-refractivity contribution in [2.45, 2.75) is 58.7 Å². The molecule has 1 aromatic rings. The van der Waals surface area contributed by atoms with Crippen molar-refractivity contribution in [2.24, 2.45) is 5.92 Å². The summed E-state index contributed by atoms with van der Waals surface area (Å²) in [7, 11) is 0. The van der Waals surface area contributed by atoms with Gasteiger partial charge < -0.3 is 19.6 Å². The number of rotatable bonds is 5. The van der Waals surface area contributed by atoms with Crippen molar-refractivity contribution in [3.8, 4) is 5.75 Å². The zero-order valence-electron chi connectivity index (χ0n) is 15.1. The van der Waals surface area contributed by atoms with Gasteiger partial charge in [-0.3, -0.25) is 0 Å². The van der Waals surface area contributed by atoms with Crippen molar-refractivity contribution in [3.63, 3.8) is 0 Å². The van der Waals surface area contributed by atoms with E-state index >= 15 is 0 Å². The van der Waals surface area contributed by atoms with Crippen molar-refractivity contribution in [1.29, 1.82) is 0 Å². The molecule has 0 unspecified atom stereocenters. The quantitative estimate of drug-likeness (QED) is 0.840. The van der Waals surface area contributed by atoms with Gasteiger partial charge in [0.2, 0.25) is 0 Å². The standard InChI is InChI=1S/C19H27NO4/c1-18(2,3)24-17(22)20-11-13(12-21)9-14-7-6-8-15-10-19(4,5)23-16(14)15/h6-8,12-13H,9-11H2,1-5H3,(H,20,22)/t13-/m0/s1. The highest BCUT2D eigenvalue weighted by Crippen LogP contribution is 2.38. The molecule has 0 fully saturated rings. The number of alkyl carbamates (subject to hydrolysis) is 1. The van der Waals surface area contributed by atoms with Crippen molar-refractivity contribution in [1.82, 2.24) is 5.32 Å². The Kier molecular flexibility index (Phi) is 5.21. The molecule has 2 rings (SSSR count). The molecule has 0 aliphatic carbocycles. The summed E-state index contributed by atoms with van der Waals surface area (Å²) in [5.74, 6) is 0.558. The van der Waals surface area contributed by atoms with Gasteiger partial charge in [0, 0.05) is 18.9 Å². The molecular weight excluding hydrogens is 306 g/mol. The lowest BCUT2D eigenvalue weighted by atomic mass is 9.96. The highest BCUT2D eigenvalue weighted by molar-refractivity contribution is 5.68. The Morgan fingerprint density at radius 2 is 2.12 bits per heavy atom. The van der Waals surface area contributed by atoms with Crippen LogP contribution >= 0.6 is 0 Å². The Morgan fingerprint density at radius 1 is 1.42 bits per heavy atom. The molecule has 1 aliphatic rings. The molecular formula is C19H27NO4. The first kappa shape index (κ1) is 18.3. The van der Waals surface area contributed by atoms with Crippen molar-refractivity contribution < 1.29 is 19.1 Å². The molecule has 0 spiro atoms. The molecule has 132 valence electrons. The largest absolute Gasteiger partial charge is 0.487 e. The minimum absolute atomic E-state index is 0.218. The van der Waals surface area contributed by atoms with Gasteiger partial charge in [-0.05, 0) is 52.2 Å². The Labute approximate surface area is 143 Å². The summed E-state index contributed by atoms with van der Waals surface area (Å²) in [6.45, 7) is 9.75. The van der Waals surface area contributed by atoms with Crippen LogP contribution in [0.1, 0.15) is 45.7 Å². The summed E-state index contributed by atoms with van der Waals surface area (Å²) in [5, 5.41) is 2.66. The average Bonchev–Trinajstić information content (AvgIpc) is 2.76. The number of carbonyl (C=O) groups excluding carboxylic acids is 2. The van der Waals surface area contributed by atoms with E-state index in [1.165, 1.54) is 5.56 Å². The monoisotopic (exact) mass is 333 g/mol. The van der Waals surface area contributed by atoms with E-state index in [1.54, 1.807) is 20.8 Å². The minimum Gasteiger partial charge on any atom is -0.487 e. The molecule has 1 aromatic carbocycles. The molecule has 1 amide bonds. The molecule has 1 aliphatic heterocycles. The molecule has 5 nitrogen and oxygen atoms in total. The predicted octanol–water partition coefficient (Wildman–Crippen LogP) is 3.28. The highest BCUT2D eigenvalue weighted by Gasteiger charge is 2.32. The Balaban J connectivity index is 1.99. The topological polar surface area (TPSA) is 64.6 Å². The second-order valence-electron chi connectivity index (χ2n) is 7.93. The van der Waals surface area contributed by atoms with Crippen LogP contribution in [-0.2, 0) is 22.4 Å². The smallest absolute Gasteiger partial charge is 0.407 e. The van der Waals surface area contributed by atoms with Gasteiger partial charge in [0.1, 0.15) is 23.2 Å². The Morgan fingerprint density at radius 3 is 2.75 bits per heavy atom. The van der Waals surface area contributed by atoms with Gasteiger partial charge in [0.25, 0.3) is 0 Å². The van der Waals surface area contributed by atoms with Crippen LogP contribution in [0.3, 0.4) is 0 Å². The second-order valence-corrected chi connectivity index (χ2v) is 7.93. The van der Waals surface area contributed by atoms with Gasteiger partial charge in [-0.2, -0.15) is 0 Å². The summed E-state index contributed by atoms with van der Waals surface area (Å²) < 4.78 is 11.2. The maximum Gasteiger partial charge on any atom is 0.407 e. The fraction of sp³-hybridized carbons (Fsp3) is 0.579. The van der Waals surface area contributed by atoms with Crippen molar-refractivity contribution in [2.75, 3.05) is 6.54 Å². The van der Waals surface area contributed by atoms with E-state index in [-0.39, 0.29) is 18.1 Å². The first-order chi connectivity index (χ1) is 11.1. The van der Waals surface area contributed by atoms with E-state index in [9.17, 15) is 9.59 Å². The summed E-state index contributed by atoms with van der Waals surface area (Å²) in [6.07, 6.45) is 1.75. The van der Waals surface area contributed by atoms with Gasteiger partial charge >= 0.3 is 6.09 Å². The van der Waals surface area contributed by atoms with Crippen LogP contribution in [0, 0.1) is 5.92 Å². The highest BCUT2D eigenvalue weighted by atomic mass is 16.6. The van der Waals surface area contributed by atoms with Gasteiger partial charge in [0.05, 0.1) is 0 Å². The van der Waals surface area contributed by atoms with E-state index in [4.69, 9.17) is 9.47 Å². The molecule has 1 N–H and O–H groups in total. The van der Waals surface area contributed by atoms with Crippen LogP contribution in [-0.4, -0.2) is 30.1 Å². The number of fused-ring (bicyclic) bond motifs is 1. The lowest BCUT2D eigenvalue weighted by molar-refractivity contribution is -0.110. The number of para-hydroxylation sites is 1. The third kappa shape index (κ3) is 4.98. The predicted molar refractivity (Wildman–Crippen MR) is 92.3 cm³/mol. The fourth-order valence-electron chi connectivity index (χ4n) is 2.82. The fourth-order valence-corrected chi connectivity index (χ4v) is 2.82. The van der Waals surface area contributed by atoms with E-state index in [0.717, 1.165) is 24.0 Å². The maximum absolute atomic E-state index is 11.7. The number of benzene rings is 1. The van der Waals surface area contributed by atoms with Crippen LogP contribution in [0.25, 0.3) is 0 Å². The Hall–Kier alpha value is -2.04. The average molecular weight is 333 g/mol. The summed E-state index contributed by atoms with van der Waals surface area (Å²) >= 11 is 0. The van der Waals surface area contributed by atoms with E-state index in [2.05, 4.69) is 25.2 Å². The molecule has 0 bridgehead atoms. The minimum atomic E-state index is -0.555. The van der Waals surface area contributed by atoms with Crippen LogP contribution in [0.5, 0.6) is 5.75 Å². The lowest BCUT2D eigenvalue weighted by Gasteiger charge is -2.21. The molecule has 0 saturated heterocycles. The second kappa shape index (κ2) is 6.83. The van der Waals surface area contributed by atoms with Crippen LogP contribution < -0.4 is 10.1 Å². The zero-order valence-corrected chi connectivity index (χ0v) is 15.1. The number of hydrogen-bond donors (Lipinski definition) is 1. The van der Waals surface area contributed by atoms with Crippen LogP contribution in [0.2, 0.25) is 0 Å². The normalized spacial score (nSPS) is 16.7. The molecule has 1 atom stereocenters. The first-order valence-corrected chi connectivity index (χ1v) is 8.31. The molecule has 0 aromatic heterocycles. The summed E-state index contributed by atoms with van der Waals surface area (Å²) in [6, 6.07) is 6.02. The van der Waals surface area contributed by atoms with Crippen LogP contribution in [0.4, 0.5) is 4.79 Å². The Bertz CT molecular complexity index is 616. The molecule has 1 heterocycles. The lowest BCUT2D eigenvalue weighted by Crippen LogP contribution is -2.36. The van der Waals surface area contributed by atoms with Gasteiger partial charge in [0.15, 0.2) is 0 Å². The molecule has 24 heavy (non-hydrogen) atoms. The SMILES string of the molecule is CC(C)(C)OC(=O)NC[C@@H](C=O)Cc1cccc2c1OC(C)(C)C2. The zero-order chi connectivity index (χ0) is 18.0. The van der Waals surface area contributed by atoms with Crippen LogP contribution in [0.15, 0.2) is 18.2 Å². The molecule has 5 heteroatoms. The molecule has 0 radical (unpaired) electrons. The molecule has 0 saturated carbocycles. The first-order valence-electron chi connectivity index (χ1n) is 8.31. The van der Waals surface area contributed by atoms with Gasteiger partial charge in [-0.25, -0.2) is 4.79 Å². The summed E-state index contributed by atoms with van der Waals surface area (Å²) in [5.41, 5.74) is 1.40. The maximum atomic E-state index is 11.7. The number of ether oxygens (including phenoxy) is 2. The van der Waals surface area contributed by atoms with E-state index < -0.39 is 11.7 Å². The third-order valence-electron chi connectivity index (χ3n) is 3.75. The number of amides is 1. The van der Waals surface area contributed by atoms with Crippen molar-refractivity contribution in [3.05, 3.63) is 29.3 Å². The van der Waals surface area contributed by atoms with Crippen molar-refractivity contribution >= 4 is 12.4 Å². The van der Waals surface area contributed by atoms with Gasteiger partial charge in [-0.1, -0.05) is 18.2 Å². The number of nitrogens with one attached hydrogen (secondary N) is 1. The number of aldehydes is 1. The summed E-state index contributed by atoms with van der Waals surface area (Å²) in [4.78, 5) is 23.1. The van der Waals surface area contributed by atoms with Gasteiger partial charge in [-0.15, -0.1) is 0 Å². The number of carbonyl (C=O) groups is 2. The number of hydrogen-bond acceptors (Lipinski definition) is 4.